The fourth-order valence-corrected chi connectivity index (χ4v) is 2.77. The van der Waals surface area contributed by atoms with Gasteiger partial charge in [0.2, 0.25) is 5.88 Å². The number of fused-ring (bicyclic) bond motifs is 1. The molecule has 0 fully saturated rings. The van der Waals surface area contributed by atoms with E-state index in [9.17, 15) is 9.90 Å². The van der Waals surface area contributed by atoms with Crippen LogP contribution in [0.4, 0.5) is 0 Å². The minimum absolute atomic E-state index is 0.0406. The lowest BCUT2D eigenvalue weighted by atomic mass is 9.83. The van der Waals surface area contributed by atoms with Crippen LogP contribution in [0.15, 0.2) is 54.2 Å². The molecule has 0 amide bonds. The lowest BCUT2D eigenvalue weighted by Crippen LogP contribution is -2.32. The normalized spacial score (nSPS) is 16.8. The van der Waals surface area contributed by atoms with Crippen molar-refractivity contribution in [3.63, 3.8) is 0 Å². The van der Waals surface area contributed by atoms with Gasteiger partial charge in [-0.05, 0) is 38.5 Å². The second-order valence-corrected chi connectivity index (χ2v) is 6.82. The molecule has 2 aromatic rings. The number of esters is 1. The van der Waals surface area contributed by atoms with Crippen molar-refractivity contribution in [1.82, 2.24) is 4.98 Å². The van der Waals surface area contributed by atoms with Crippen LogP contribution in [0, 0.1) is 0 Å². The Kier molecular flexibility index (Phi) is 4.12. The second kappa shape index (κ2) is 6.12. The standard InChI is InChI=1S/C19H20N2O4/c1-19(2,3)25-18(23)16-15(11-5-4-8-21-10-11)13-7-6-12(22)9-14(13)24-17(16)20/h4-10,15,22H,20H2,1-3H3. The van der Waals surface area contributed by atoms with E-state index in [0.29, 0.717) is 11.3 Å². The van der Waals surface area contributed by atoms with Gasteiger partial charge in [-0.1, -0.05) is 12.1 Å². The van der Waals surface area contributed by atoms with Gasteiger partial charge in [-0.25, -0.2) is 4.79 Å². The molecule has 1 aromatic carbocycles. The maximum absolute atomic E-state index is 12.8. The van der Waals surface area contributed by atoms with Crippen molar-refractivity contribution in [2.24, 2.45) is 5.73 Å². The van der Waals surface area contributed by atoms with Crippen molar-refractivity contribution in [2.45, 2.75) is 32.3 Å². The van der Waals surface area contributed by atoms with Crippen LogP contribution in [0.25, 0.3) is 0 Å². The molecule has 6 heteroatoms. The van der Waals surface area contributed by atoms with E-state index >= 15 is 0 Å². The van der Waals surface area contributed by atoms with E-state index < -0.39 is 17.5 Å². The number of hydrogen-bond donors (Lipinski definition) is 2. The zero-order valence-electron chi connectivity index (χ0n) is 14.3. The number of carbonyl (C=O) groups is 1. The number of carbonyl (C=O) groups excluding carboxylic acids is 1. The molecule has 25 heavy (non-hydrogen) atoms. The van der Waals surface area contributed by atoms with Gasteiger partial charge in [0.1, 0.15) is 22.7 Å². The molecule has 3 N–H and O–H groups in total. The average Bonchev–Trinajstić information content (AvgIpc) is 2.52. The quantitative estimate of drug-likeness (QED) is 0.816. The van der Waals surface area contributed by atoms with Crippen molar-refractivity contribution < 1.29 is 19.4 Å². The number of aromatic nitrogens is 1. The zero-order chi connectivity index (χ0) is 18.2. The molecule has 0 aliphatic carbocycles. The van der Waals surface area contributed by atoms with Crippen LogP contribution in [-0.4, -0.2) is 21.7 Å². The summed E-state index contributed by atoms with van der Waals surface area (Å²) in [5.74, 6) is -0.623. The maximum Gasteiger partial charge on any atom is 0.340 e. The summed E-state index contributed by atoms with van der Waals surface area (Å²) >= 11 is 0. The number of pyridine rings is 1. The van der Waals surface area contributed by atoms with E-state index in [1.54, 1.807) is 51.4 Å². The Morgan fingerprint density at radius 1 is 1.32 bits per heavy atom. The highest BCUT2D eigenvalue weighted by Gasteiger charge is 2.37. The lowest BCUT2D eigenvalue weighted by molar-refractivity contribution is -0.150. The summed E-state index contributed by atoms with van der Waals surface area (Å²) in [7, 11) is 0. The molecule has 0 saturated heterocycles. The van der Waals surface area contributed by atoms with Crippen LogP contribution < -0.4 is 10.5 Å². The van der Waals surface area contributed by atoms with Crippen LogP contribution in [0.3, 0.4) is 0 Å². The Bertz CT molecular complexity index is 838. The number of phenols is 1. The molecule has 1 aliphatic heterocycles. The summed E-state index contributed by atoms with van der Waals surface area (Å²) in [5.41, 5.74) is 7.09. The first-order valence-corrected chi connectivity index (χ1v) is 7.90. The van der Waals surface area contributed by atoms with Gasteiger partial charge in [-0.2, -0.15) is 0 Å². The van der Waals surface area contributed by atoms with Gasteiger partial charge >= 0.3 is 5.97 Å². The van der Waals surface area contributed by atoms with Crippen molar-refractivity contribution in [1.29, 1.82) is 0 Å². The number of nitrogens with two attached hydrogens (primary N) is 1. The van der Waals surface area contributed by atoms with E-state index in [2.05, 4.69) is 4.98 Å². The molecule has 2 heterocycles. The predicted molar refractivity (Wildman–Crippen MR) is 91.9 cm³/mol. The number of rotatable bonds is 2. The maximum atomic E-state index is 12.8. The highest BCUT2D eigenvalue weighted by Crippen LogP contribution is 2.43. The van der Waals surface area contributed by atoms with Crippen molar-refractivity contribution in [3.8, 4) is 11.5 Å². The average molecular weight is 340 g/mol. The van der Waals surface area contributed by atoms with Crippen molar-refractivity contribution in [3.05, 3.63) is 65.3 Å². The molecule has 1 aliphatic rings. The first kappa shape index (κ1) is 16.8. The third-order valence-electron chi connectivity index (χ3n) is 3.72. The smallest absolute Gasteiger partial charge is 0.340 e. The van der Waals surface area contributed by atoms with Crippen LogP contribution in [-0.2, 0) is 9.53 Å². The number of nitrogens with zero attached hydrogens (tertiary/aromatic N) is 1. The minimum Gasteiger partial charge on any atom is -0.508 e. The largest absolute Gasteiger partial charge is 0.508 e. The highest BCUT2D eigenvalue weighted by molar-refractivity contribution is 5.93. The molecule has 130 valence electrons. The van der Waals surface area contributed by atoms with Gasteiger partial charge < -0.3 is 20.3 Å². The van der Waals surface area contributed by atoms with Crippen LogP contribution in [0.2, 0.25) is 0 Å². The Hall–Kier alpha value is -3.02. The molecule has 1 unspecified atom stereocenters. The summed E-state index contributed by atoms with van der Waals surface area (Å²) in [6.45, 7) is 5.36. The van der Waals surface area contributed by atoms with Gasteiger partial charge in [-0.15, -0.1) is 0 Å². The summed E-state index contributed by atoms with van der Waals surface area (Å²) in [6, 6.07) is 8.36. The fourth-order valence-electron chi connectivity index (χ4n) is 2.77. The molecule has 0 bridgehead atoms. The predicted octanol–water partition coefficient (Wildman–Crippen LogP) is 2.82. The minimum atomic E-state index is -0.668. The van der Waals surface area contributed by atoms with Crippen LogP contribution >= 0.6 is 0 Å². The van der Waals surface area contributed by atoms with Crippen molar-refractivity contribution in [2.75, 3.05) is 0 Å². The first-order valence-electron chi connectivity index (χ1n) is 7.90. The molecule has 1 atom stereocenters. The third kappa shape index (κ3) is 3.42. The molecule has 6 nitrogen and oxygen atoms in total. The Morgan fingerprint density at radius 3 is 2.72 bits per heavy atom. The number of benzene rings is 1. The summed E-state index contributed by atoms with van der Waals surface area (Å²) in [4.78, 5) is 16.9. The van der Waals surface area contributed by atoms with Gasteiger partial charge in [-0.3, -0.25) is 4.98 Å². The Labute approximate surface area is 145 Å². The third-order valence-corrected chi connectivity index (χ3v) is 3.72. The van der Waals surface area contributed by atoms with E-state index in [-0.39, 0.29) is 17.2 Å². The number of hydrogen-bond acceptors (Lipinski definition) is 6. The fraction of sp³-hybridized carbons (Fsp3) is 0.263. The highest BCUT2D eigenvalue weighted by atomic mass is 16.6. The SMILES string of the molecule is CC(C)(C)OC(=O)C1=C(N)Oc2cc(O)ccc2C1c1cccnc1. The molecular formula is C19H20N2O4. The van der Waals surface area contributed by atoms with Crippen LogP contribution in [0.5, 0.6) is 11.5 Å². The number of ether oxygens (including phenoxy) is 2. The zero-order valence-corrected chi connectivity index (χ0v) is 14.3. The Morgan fingerprint density at radius 2 is 2.08 bits per heavy atom. The lowest BCUT2D eigenvalue weighted by Gasteiger charge is -2.30. The summed E-state index contributed by atoms with van der Waals surface area (Å²) in [6.07, 6.45) is 3.32. The van der Waals surface area contributed by atoms with E-state index in [1.807, 2.05) is 6.07 Å². The van der Waals surface area contributed by atoms with Crippen molar-refractivity contribution >= 4 is 5.97 Å². The molecule has 1 aromatic heterocycles. The first-order chi connectivity index (χ1) is 11.8. The number of aromatic hydroxyl groups is 1. The van der Waals surface area contributed by atoms with E-state index in [1.165, 1.54) is 6.07 Å². The Balaban J connectivity index is 2.15. The molecule has 3 rings (SSSR count). The van der Waals surface area contributed by atoms with Crippen LogP contribution in [0.1, 0.15) is 37.8 Å². The monoisotopic (exact) mass is 340 g/mol. The molecule has 0 spiro atoms. The molecular weight excluding hydrogens is 320 g/mol. The topological polar surface area (TPSA) is 94.7 Å². The van der Waals surface area contributed by atoms with Gasteiger partial charge in [0.25, 0.3) is 0 Å². The second-order valence-electron chi connectivity index (χ2n) is 6.82. The van der Waals surface area contributed by atoms with Gasteiger partial charge in [0.05, 0.1) is 5.92 Å². The van der Waals surface area contributed by atoms with E-state index in [4.69, 9.17) is 15.2 Å². The summed E-state index contributed by atoms with van der Waals surface area (Å²) < 4.78 is 11.1. The molecule has 0 radical (unpaired) electrons. The van der Waals surface area contributed by atoms with E-state index in [0.717, 1.165) is 5.56 Å². The summed E-state index contributed by atoms with van der Waals surface area (Å²) in [5, 5.41) is 9.72. The number of phenolic OH excluding ortho intramolecular Hbond substituents is 1. The van der Waals surface area contributed by atoms with Gasteiger partial charge in [0, 0.05) is 24.0 Å². The van der Waals surface area contributed by atoms with Gasteiger partial charge in [0.15, 0.2) is 0 Å². The molecule has 0 saturated carbocycles.